The SMILES string of the molecule is N#Cc1cc(CNc2c(F)cc(F)cc2F)ccc1F. The molecule has 102 valence electrons. The van der Waals surface area contributed by atoms with Crippen molar-refractivity contribution < 1.29 is 17.6 Å². The summed E-state index contributed by atoms with van der Waals surface area (Å²) in [5.41, 5.74) is -0.176. The van der Waals surface area contributed by atoms with Gasteiger partial charge in [0.15, 0.2) is 11.6 Å². The summed E-state index contributed by atoms with van der Waals surface area (Å²) in [6.45, 7) is -0.0333. The van der Waals surface area contributed by atoms with Gasteiger partial charge in [-0.25, -0.2) is 17.6 Å². The fourth-order valence-corrected chi connectivity index (χ4v) is 1.67. The van der Waals surface area contributed by atoms with E-state index in [1.54, 1.807) is 6.07 Å². The van der Waals surface area contributed by atoms with E-state index in [4.69, 9.17) is 5.26 Å². The lowest BCUT2D eigenvalue weighted by atomic mass is 10.1. The Kier molecular flexibility index (Phi) is 3.89. The van der Waals surface area contributed by atoms with Crippen LogP contribution < -0.4 is 5.32 Å². The van der Waals surface area contributed by atoms with E-state index in [1.165, 1.54) is 12.1 Å². The van der Waals surface area contributed by atoms with Gasteiger partial charge < -0.3 is 5.32 Å². The monoisotopic (exact) mass is 280 g/mol. The van der Waals surface area contributed by atoms with E-state index in [-0.39, 0.29) is 12.1 Å². The molecule has 0 heterocycles. The number of hydrogen-bond donors (Lipinski definition) is 1. The zero-order chi connectivity index (χ0) is 14.7. The summed E-state index contributed by atoms with van der Waals surface area (Å²) in [6.07, 6.45) is 0. The predicted octanol–water partition coefficient (Wildman–Crippen LogP) is 3.73. The number of nitrogens with one attached hydrogen (secondary N) is 1. The van der Waals surface area contributed by atoms with Crippen LogP contribution in [0.4, 0.5) is 23.2 Å². The van der Waals surface area contributed by atoms with E-state index in [9.17, 15) is 17.6 Å². The summed E-state index contributed by atoms with van der Waals surface area (Å²) in [7, 11) is 0. The second-order valence-corrected chi connectivity index (χ2v) is 4.02. The van der Waals surface area contributed by atoms with Gasteiger partial charge in [-0.05, 0) is 17.7 Å². The third-order valence-electron chi connectivity index (χ3n) is 2.63. The minimum Gasteiger partial charge on any atom is -0.376 e. The molecule has 2 rings (SSSR count). The fraction of sp³-hybridized carbons (Fsp3) is 0.0714. The fourth-order valence-electron chi connectivity index (χ4n) is 1.67. The van der Waals surface area contributed by atoms with Crippen LogP contribution in [0.25, 0.3) is 0 Å². The lowest BCUT2D eigenvalue weighted by molar-refractivity contribution is 0.547. The normalized spacial score (nSPS) is 10.2. The largest absolute Gasteiger partial charge is 0.376 e. The van der Waals surface area contributed by atoms with Crippen LogP contribution in [0.5, 0.6) is 0 Å². The topological polar surface area (TPSA) is 35.8 Å². The Labute approximate surface area is 112 Å². The van der Waals surface area contributed by atoms with E-state index < -0.39 is 29.0 Å². The minimum absolute atomic E-state index is 0.0333. The second-order valence-electron chi connectivity index (χ2n) is 4.02. The van der Waals surface area contributed by atoms with Gasteiger partial charge in [0.1, 0.15) is 23.4 Å². The molecule has 0 amide bonds. The molecule has 2 aromatic carbocycles. The highest BCUT2D eigenvalue weighted by Crippen LogP contribution is 2.21. The van der Waals surface area contributed by atoms with E-state index >= 15 is 0 Å². The molecule has 0 atom stereocenters. The molecule has 0 aliphatic rings. The quantitative estimate of drug-likeness (QED) is 0.870. The van der Waals surface area contributed by atoms with Crippen LogP contribution in [-0.2, 0) is 6.54 Å². The van der Waals surface area contributed by atoms with Gasteiger partial charge >= 0.3 is 0 Å². The van der Waals surface area contributed by atoms with Crippen molar-refractivity contribution in [2.24, 2.45) is 0 Å². The molecule has 0 aliphatic heterocycles. The van der Waals surface area contributed by atoms with Crippen molar-refractivity contribution in [2.45, 2.75) is 6.54 Å². The molecule has 0 unspecified atom stereocenters. The minimum atomic E-state index is -1.06. The number of hydrogen-bond acceptors (Lipinski definition) is 2. The Morgan fingerprint density at radius 1 is 0.950 bits per heavy atom. The predicted molar refractivity (Wildman–Crippen MR) is 64.8 cm³/mol. The Morgan fingerprint density at radius 3 is 2.20 bits per heavy atom. The van der Waals surface area contributed by atoms with Crippen molar-refractivity contribution in [3.63, 3.8) is 0 Å². The number of nitriles is 1. The average molecular weight is 280 g/mol. The summed E-state index contributed by atoms with van der Waals surface area (Å²) >= 11 is 0. The van der Waals surface area contributed by atoms with Gasteiger partial charge in [0.2, 0.25) is 0 Å². The van der Waals surface area contributed by atoms with Crippen LogP contribution in [0, 0.1) is 34.6 Å². The summed E-state index contributed by atoms with van der Waals surface area (Å²) < 4.78 is 52.6. The molecular formula is C14H8F4N2. The smallest absolute Gasteiger partial charge is 0.152 e. The van der Waals surface area contributed by atoms with Gasteiger partial charge in [0.05, 0.1) is 5.56 Å². The molecule has 1 N–H and O–H groups in total. The first-order valence-electron chi connectivity index (χ1n) is 5.58. The third-order valence-corrected chi connectivity index (χ3v) is 2.63. The summed E-state index contributed by atoms with van der Waals surface area (Å²) in [5.74, 6) is -3.82. The van der Waals surface area contributed by atoms with Crippen molar-refractivity contribution in [3.8, 4) is 6.07 Å². The summed E-state index contributed by atoms with van der Waals surface area (Å²) in [5, 5.41) is 11.1. The van der Waals surface area contributed by atoms with Crippen LogP contribution in [-0.4, -0.2) is 0 Å². The molecule has 2 nitrogen and oxygen atoms in total. The van der Waals surface area contributed by atoms with E-state index in [0.717, 1.165) is 6.07 Å². The molecule has 0 fully saturated rings. The lowest BCUT2D eigenvalue weighted by Crippen LogP contribution is -2.05. The Hall–Kier alpha value is -2.55. The molecule has 0 aromatic heterocycles. The molecular weight excluding hydrogens is 272 g/mol. The van der Waals surface area contributed by atoms with E-state index in [2.05, 4.69) is 5.32 Å². The molecule has 20 heavy (non-hydrogen) atoms. The molecule has 0 saturated heterocycles. The molecule has 0 bridgehead atoms. The highest BCUT2D eigenvalue weighted by Gasteiger charge is 2.11. The molecule has 0 aliphatic carbocycles. The zero-order valence-electron chi connectivity index (χ0n) is 10.1. The van der Waals surface area contributed by atoms with Crippen LogP contribution in [0.1, 0.15) is 11.1 Å². The van der Waals surface area contributed by atoms with Gasteiger partial charge in [0.25, 0.3) is 0 Å². The standard InChI is InChI=1S/C14H8F4N2/c15-10-4-12(17)14(13(18)5-10)20-7-8-1-2-11(16)9(3-8)6-19/h1-5,20H,7H2. The van der Waals surface area contributed by atoms with Gasteiger partial charge in [-0.1, -0.05) is 6.07 Å². The van der Waals surface area contributed by atoms with Crippen molar-refractivity contribution in [3.05, 3.63) is 64.7 Å². The first-order chi connectivity index (χ1) is 9.51. The van der Waals surface area contributed by atoms with E-state index in [0.29, 0.717) is 17.7 Å². The number of rotatable bonds is 3. The van der Waals surface area contributed by atoms with Gasteiger partial charge in [-0.3, -0.25) is 0 Å². The Balaban J connectivity index is 2.20. The van der Waals surface area contributed by atoms with Crippen LogP contribution >= 0.6 is 0 Å². The average Bonchev–Trinajstić information content (AvgIpc) is 2.39. The Bertz CT molecular complexity index is 669. The van der Waals surface area contributed by atoms with Crippen LogP contribution in [0.3, 0.4) is 0 Å². The second kappa shape index (κ2) is 5.61. The summed E-state index contributed by atoms with van der Waals surface area (Å²) in [4.78, 5) is 0. The van der Waals surface area contributed by atoms with Crippen LogP contribution in [0.15, 0.2) is 30.3 Å². The summed E-state index contributed by atoms with van der Waals surface area (Å²) in [6, 6.07) is 6.50. The first kappa shape index (κ1) is 13.9. The van der Waals surface area contributed by atoms with Crippen molar-refractivity contribution in [2.75, 3.05) is 5.32 Å². The third kappa shape index (κ3) is 2.88. The molecule has 0 spiro atoms. The molecule has 0 saturated carbocycles. The highest BCUT2D eigenvalue weighted by molar-refractivity contribution is 5.47. The zero-order valence-corrected chi connectivity index (χ0v) is 10.1. The molecule has 0 radical (unpaired) electrons. The Morgan fingerprint density at radius 2 is 1.60 bits per heavy atom. The maximum Gasteiger partial charge on any atom is 0.152 e. The highest BCUT2D eigenvalue weighted by atomic mass is 19.1. The number of halogens is 4. The van der Waals surface area contributed by atoms with Crippen LogP contribution in [0.2, 0.25) is 0 Å². The maximum atomic E-state index is 13.4. The lowest BCUT2D eigenvalue weighted by Gasteiger charge is -2.09. The molecule has 6 heteroatoms. The van der Waals surface area contributed by atoms with Gasteiger partial charge in [0, 0.05) is 18.7 Å². The van der Waals surface area contributed by atoms with Gasteiger partial charge in [-0.15, -0.1) is 0 Å². The number of anilines is 1. The first-order valence-corrected chi connectivity index (χ1v) is 5.58. The number of nitrogens with zero attached hydrogens (tertiary/aromatic N) is 1. The molecule has 2 aromatic rings. The maximum absolute atomic E-state index is 13.4. The van der Waals surface area contributed by atoms with Gasteiger partial charge in [-0.2, -0.15) is 5.26 Å². The van der Waals surface area contributed by atoms with Crippen molar-refractivity contribution in [1.82, 2.24) is 0 Å². The number of benzene rings is 2. The van der Waals surface area contributed by atoms with Crippen molar-refractivity contribution >= 4 is 5.69 Å². The van der Waals surface area contributed by atoms with E-state index in [1.807, 2.05) is 0 Å². The van der Waals surface area contributed by atoms with Crippen molar-refractivity contribution in [1.29, 1.82) is 5.26 Å².